The fraction of sp³-hybridized carbons (Fsp3) is 0. The van der Waals surface area contributed by atoms with Crippen molar-refractivity contribution in [2.75, 3.05) is 0 Å². The van der Waals surface area contributed by atoms with Crippen molar-refractivity contribution in [3.63, 3.8) is 0 Å². The van der Waals surface area contributed by atoms with Crippen LogP contribution in [-0.4, -0.2) is 6.29 Å². The van der Waals surface area contributed by atoms with Gasteiger partial charge in [-0.1, -0.05) is 11.6 Å². The van der Waals surface area contributed by atoms with Crippen LogP contribution in [0.1, 0.15) is 5.56 Å². The van der Waals surface area contributed by atoms with Crippen LogP contribution in [0.3, 0.4) is 0 Å². The molecule has 0 spiro atoms. The van der Waals surface area contributed by atoms with Crippen LogP contribution in [0.4, 0.5) is 0 Å². The molecule has 0 N–H and O–H groups in total. The van der Waals surface area contributed by atoms with Gasteiger partial charge in [0.25, 0.3) is 0 Å². The molecule has 0 fully saturated rings. The first-order chi connectivity index (χ1) is 7.78. The summed E-state index contributed by atoms with van der Waals surface area (Å²) in [7, 11) is 0. The van der Waals surface area contributed by atoms with Crippen LogP contribution in [0.25, 0.3) is 0 Å². The molecule has 0 unspecified atom stereocenters. The number of halogens is 1. The average Bonchev–Trinajstić information content (AvgIpc) is 2.33. The van der Waals surface area contributed by atoms with E-state index in [0.29, 0.717) is 22.1 Å². The SMILES string of the molecule is O=[C]c1ccc(Oc2ccc(Cl)cc2)cc1. The Hall–Kier alpha value is -1.80. The highest BCUT2D eigenvalue weighted by molar-refractivity contribution is 6.30. The highest BCUT2D eigenvalue weighted by atomic mass is 35.5. The lowest BCUT2D eigenvalue weighted by atomic mass is 10.2. The maximum atomic E-state index is 10.3. The zero-order valence-corrected chi connectivity index (χ0v) is 9.07. The maximum absolute atomic E-state index is 10.3. The highest BCUT2D eigenvalue weighted by Gasteiger charge is 1.97. The first kappa shape index (κ1) is 10.7. The topological polar surface area (TPSA) is 26.3 Å². The van der Waals surface area contributed by atoms with Crippen molar-refractivity contribution < 1.29 is 9.53 Å². The number of hydrogen-bond donors (Lipinski definition) is 0. The van der Waals surface area contributed by atoms with Crippen molar-refractivity contribution >= 4 is 17.9 Å². The zero-order valence-electron chi connectivity index (χ0n) is 8.31. The van der Waals surface area contributed by atoms with Gasteiger partial charge in [0.15, 0.2) is 0 Å². The third-order valence-corrected chi connectivity index (χ3v) is 2.27. The molecule has 0 atom stereocenters. The molecule has 2 nitrogen and oxygen atoms in total. The third-order valence-electron chi connectivity index (χ3n) is 2.02. The van der Waals surface area contributed by atoms with E-state index in [1.807, 2.05) is 0 Å². The summed E-state index contributed by atoms with van der Waals surface area (Å²) in [5, 5.41) is 0.665. The van der Waals surface area contributed by atoms with Gasteiger partial charge in [-0.05, 0) is 48.5 Å². The number of hydrogen-bond acceptors (Lipinski definition) is 2. The second-order valence-corrected chi connectivity index (χ2v) is 3.62. The van der Waals surface area contributed by atoms with Gasteiger partial charge in [-0.2, -0.15) is 0 Å². The Morgan fingerprint density at radius 2 is 1.38 bits per heavy atom. The Bertz CT molecular complexity index is 474. The Kier molecular flexibility index (Phi) is 3.22. The Balaban J connectivity index is 2.14. The average molecular weight is 232 g/mol. The summed E-state index contributed by atoms with van der Waals surface area (Å²) in [6.07, 6.45) is 1.80. The Morgan fingerprint density at radius 3 is 1.88 bits per heavy atom. The fourth-order valence-corrected chi connectivity index (χ4v) is 1.36. The molecule has 2 aromatic rings. The van der Waals surface area contributed by atoms with Crippen LogP contribution < -0.4 is 4.74 Å². The van der Waals surface area contributed by atoms with Gasteiger partial charge < -0.3 is 4.74 Å². The standard InChI is InChI=1S/C13H8ClO2/c14-11-3-7-13(8-4-11)16-12-5-1-10(9-15)2-6-12/h1-8H. The van der Waals surface area contributed by atoms with Crippen LogP contribution in [-0.2, 0) is 4.79 Å². The van der Waals surface area contributed by atoms with Gasteiger partial charge in [0.2, 0.25) is 6.29 Å². The van der Waals surface area contributed by atoms with Crippen molar-refractivity contribution in [2.24, 2.45) is 0 Å². The van der Waals surface area contributed by atoms with E-state index in [2.05, 4.69) is 0 Å². The van der Waals surface area contributed by atoms with E-state index in [1.165, 1.54) is 0 Å². The summed E-state index contributed by atoms with van der Waals surface area (Å²) in [5.74, 6) is 1.37. The number of rotatable bonds is 3. The quantitative estimate of drug-likeness (QED) is 0.807. The lowest BCUT2D eigenvalue weighted by molar-refractivity contribution is 0.482. The summed E-state index contributed by atoms with van der Waals surface area (Å²) in [5.41, 5.74) is 0.503. The molecule has 0 saturated heterocycles. The summed E-state index contributed by atoms with van der Waals surface area (Å²) < 4.78 is 5.54. The summed E-state index contributed by atoms with van der Waals surface area (Å²) in [6, 6.07) is 13.8. The van der Waals surface area contributed by atoms with E-state index in [9.17, 15) is 4.79 Å². The first-order valence-electron chi connectivity index (χ1n) is 4.69. The summed E-state index contributed by atoms with van der Waals surface area (Å²) in [6.45, 7) is 0. The maximum Gasteiger partial charge on any atom is 0.233 e. The molecule has 16 heavy (non-hydrogen) atoms. The summed E-state index contributed by atoms with van der Waals surface area (Å²) in [4.78, 5) is 10.3. The van der Waals surface area contributed by atoms with Crippen LogP contribution in [0, 0.1) is 0 Å². The number of carbonyl (C=O) groups excluding carboxylic acids is 1. The lowest BCUT2D eigenvalue weighted by Crippen LogP contribution is -1.85. The molecule has 2 aromatic carbocycles. The van der Waals surface area contributed by atoms with Gasteiger partial charge >= 0.3 is 0 Å². The predicted molar refractivity (Wildman–Crippen MR) is 62.8 cm³/mol. The van der Waals surface area contributed by atoms with Gasteiger partial charge in [-0.25, -0.2) is 0 Å². The molecular formula is C13H8ClO2. The monoisotopic (exact) mass is 231 g/mol. The third kappa shape index (κ3) is 2.61. The summed E-state index contributed by atoms with van der Waals surface area (Å²) >= 11 is 5.76. The Morgan fingerprint density at radius 1 is 0.875 bits per heavy atom. The van der Waals surface area contributed by atoms with Crippen LogP contribution in [0.5, 0.6) is 11.5 Å². The highest BCUT2D eigenvalue weighted by Crippen LogP contribution is 2.22. The molecular weight excluding hydrogens is 224 g/mol. The molecule has 0 saturated carbocycles. The van der Waals surface area contributed by atoms with E-state index in [4.69, 9.17) is 16.3 Å². The number of ether oxygens (including phenoxy) is 1. The minimum atomic E-state index is 0.503. The van der Waals surface area contributed by atoms with Crippen molar-refractivity contribution in [3.8, 4) is 11.5 Å². The molecule has 0 heterocycles. The molecule has 0 aromatic heterocycles. The largest absolute Gasteiger partial charge is 0.457 e. The van der Waals surface area contributed by atoms with Gasteiger partial charge in [0.05, 0.1) is 0 Å². The van der Waals surface area contributed by atoms with Gasteiger partial charge in [0, 0.05) is 10.6 Å². The molecule has 0 bridgehead atoms. The molecule has 3 heteroatoms. The second-order valence-electron chi connectivity index (χ2n) is 3.18. The fourth-order valence-electron chi connectivity index (χ4n) is 1.23. The van der Waals surface area contributed by atoms with Gasteiger partial charge in [0.1, 0.15) is 11.5 Å². The van der Waals surface area contributed by atoms with Crippen molar-refractivity contribution in [3.05, 3.63) is 59.1 Å². The minimum Gasteiger partial charge on any atom is -0.457 e. The lowest BCUT2D eigenvalue weighted by Gasteiger charge is -2.05. The second kappa shape index (κ2) is 4.81. The van der Waals surface area contributed by atoms with Crippen molar-refractivity contribution in [2.45, 2.75) is 0 Å². The van der Waals surface area contributed by atoms with Crippen molar-refractivity contribution in [1.82, 2.24) is 0 Å². The predicted octanol–water partition coefficient (Wildman–Crippen LogP) is 3.59. The molecule has 2 rings (SSSR count). The van der Waals surface area contributed by atoms with Gasteiger partial charge in [-0.3, -0.25) is 4.79 Å². The zero-order chi connectivity index (χ0) is 11.4. The molecule has 1 radical (unpaired) electrons. The Labute approximate surface area is 98.4 Å². The van der Waals surface area contributed by atoms with Crippen LogP contribution in [0.2, 0.25) is 5.02 Å². The number of benzene rings is 2. The van der Waals surface area contributed by atoms with Crippen molar-refractivity contribution in [1.29, 1.82) is 0 Å². The molecule has 0 aliphatic rings. The molecule has 0 aliphatic carbocycles. The molecule has 0 aliphatic heterocycles. The molecule has 0 amide bonds. The van der Waals surface area contributed by atoms with E-state index >= 15 is 0 Å². The van der Waals surface area contributed by atoms with E-state index in [0.717, 1.165) is 0 Å². The van der Waals surface area contributed by atoms with Gasteiger partial charge in [-0.15, -0.1) is 0 Å². The smallest absolute Gasteiger partial charge is 0.233 e. The molecule has 79 valence electrons. The van der Waals surface area contributed by atoms with E-state index < -0.39 is 0 Å². The van der Waals surface area contributed by atoms with Crippen LogP contribution >= 0.6 is 11.6 Å². The van der Waals surface area contributed by atoms with Crippen LogP contribution in [0.15, 0.2) is 48.5 Å². The van der Waals surface area contributed by atoms with E-state index in [1.54, 1.807) is 54.8 Å². The van der Waals surface area contributed by atoms with E-state index in [-0.39, 0.29) is 0 Å². The first-order valence-corrected chi connectivity index (χ1v) is 5.07. The minimum absolute atomic E-state index is 0.503. The normalized spacial score (nSPS) is 9.81.